The van der Waals surface area contributed by atoms with Crippen molar-refractivity contribution in [3.05, 3.63) is 47.0 Å². The van der Waals surface area contributed by atoms with Crippen molar-refractivity contribution < 1.29 is 0 Å². The molecule has 86 valence electrons. The number of halogens is 1. The monoisotopic (exact) mass is 237 g/mol. The van der Waals surface area contributed by atoms with Crippen LogP contribution in [0.4, 0.5) is 0 Å². The molecule has 1 aromatic carbocycles. The van der Waals surface area contributed by atoms with E-state index in [-0.39, 0.29) is 0 Å². The van der Waals surface area contributed by atoms with Crippen LogP contribution in [0.5, 0.6) is 0 Å². The lowest BCUT2D eigenvalue weighted by molar-refractivity contribution is 0.969. The minimum Gasteiger partial charge on any atom is -0.370 e. The second kappa shape index (κ2) is 6.18. The van der Waals surface area contributed by atoms with Crippen molar-refractivity contribution in [2.45, 2.75) is 13.5 Å². The first kappa shape index (κ1) is 12.6. The molecule has 0 fully saturated rings. The van der Waals surface area contributed by atoms with E-state index in [9.17, 15) is 0 Å². The van der Waals surface area contributed by atoms with Crippen molar-refractivity contribution in [3.8, 4) is 0 Å². The fourth-order valence-electron chi connectivity index (χ4n) is 1.21. The molecule has 0 atom stereocenters. The van der Waals surface area contributed by atoms with Crippen LogP contribution in [-0.4, -0.2) is 12.5 Å². The molecular weight excluding hydrogens is 222 g/mol. The van der Waals surface area contributed by atoms with Crippen LogP contribution < -0.4 is 11.1 Å². The number of aliphatic imine (C=N–C) groups is 1. The maximum absolute atomic E-state index is 5.93. The molecule has 0 aromatic heterocycles. The van der Waals surface area contributed by atoms with Gasteiger partial charge in [0.1, 0.15) is 0 Å². The van der Waals surface area contributed by atoms with Gasteiger partial charge in [-0.3, -0.25) is 0 Å². The first-order valence-corrected chi connectivity index (χ1v) is 5.41. The number of benzene rings is 1. The van der Waals surface area contributed by atoms with Gasteiger partial charge in [-0.2, -0.15) is 0 Å². The van der Waals surface area contributed by atoms with Gasteiger partial charge in [-0.05, 0) is 24.1 Å². The summed E-state index contributed by atoms with van der Waals surface area (Å²) >= 11 is 5.93. The first-order chi connectivity index (χ1) is 7.63. The third-order valence-corrected chi connectivity index (χ3v) is 2.51. The number of nitrogens with one attached hydrogen (secondary N) is 1. The smallest absolute Gasteiger partial charge is 0.189 e. The zero-order valence-corrected chi connectivity index (χ0v) is 10.1. The highest BCUT2D eigenvalue weighted by atomic mass is 35.5. The van der Waals surface area contributed by atoms with Crippen LogP contribution in [-0.2, 0) is 6.54 Å². The molecule has 0 aliphatic carbocycles. The van der Waals surface area contributed by atoms with E-state index < -0.39 is 0 Å². The Balaban J connectivity index is 2.59. The molecule has 0 amide bonds. The lowest BCUT2D eigenvalue weighted by Crippen LogP contribution is -2.31. The molecule has 4 heteroatoms. The van der Waals surface area contributed by atoms with E-state index in [4.69, 9.17) is 17.3 Å². The zero-order chi connectivity index (χ0) is 12.0. The van der Waals surface area contributed by atoms with Gasteiger partial charge in [0.2, 0.25) is 0 Å². The van der Waals surface area contributed by atoms with Crippen LogP contribution in [0.1, 0.15) is 11.1 Å². The largest absolute Gasteiger partial charge is 0.370 e. The number of aryl methyl sites for hydroxylation is 1. The molecule has 0 heterocycles. The van der Waals surface area contributed by atoms with E-state index in [1.54, 1.807) is 6.08 Å². The first-order valence-electron chi connectivity index (χ1n) is 5.03. The van der Waals surface area contributed by atoms with Crippen LogP contribution in [0, 0.1) is 6.92 Å². The predicted molar refractivity (Wildman–Crippen MR) is 69.7 cm³/mol. The molecule has 1 aromatic rings. The molecule has 0 saturated heterocycles. The number of hydrogen-bond acceptors (Lipinski definition) is 1. The fourth-order valence-corrected chi connectivity index (χ4v) is 1.33. The quantitative estimate of drug-likeness (QED) is 0.479. The molecule has 0 unspecified atom stereocenters. The van der Waals surface area contributed by atoms with E-state index in [2.05, 4.69) is 16.9 Å². The Kier molecular flexibility index (Phi) is 4.86. The van der Waals surface area contributed by atoms with Gasteiger partial charge < -0.3 is 11.1 Å². The van der Waals surface area contributed by atoms with Crippen LogP contribution in [0.3, 0.4) is 0 Å². The van der Waals surface area contributed by atoms with Gasteiger partial charge in [0.15, 0.2) is 5.96 Å². The van der Waals surface area contributed by atoms with E-state index >= 15 is 0 Å². The molecule has 0 aliphatic heterocycles. The number of nitrogens with zero attached hydrogens (tertiary/aromatic N) is 1. The van der Waals surface area contributed by atoms with Gasteiger partial charge >= 0.3 is 0 Å². The predicted octanol–water partition coefficient (Wildman–Crippen LogP) is 2.24. The second-order valence-electron chi connectivity index (χ2n) is 3.45. The summed E-state index contributed by atoms with van der Waals surface area (Å²) in [4.78, 5) is 4.20. The molecular formula is C12H16ClN3. The maximum atomic E-state index is 5.93. The van der Waals surface area contributed by atoms with Crippen molar-refractivity contribution >= 4 is 17.6 Å². The summed E-state index contributed by atoms with van der Waals surface area (Å²) in [6.07, 6.45) is 1.73. The van der Waals surface area contributed by atoms with Gasteiger partial charge in [0.25, 0.3) is 0 Å². The summed E-state index contributed by atoms with van der Waals surface area (Å²) in [6, 6.07) is 5.82. The molecule has 0 radical (unpaired) electrons. The van der Waals surface area contributed by atoms with E-state index in [0.29, 0.717) is 19.0 Å². The summed E-state index contributed by atoms with van der Waals surface area (Å²) in [7, 11) is 0. The van der Waals surface area contributed by atoms with E-state index in [1.165, 1.54) is 0 Å². The normalized spacial score (nSPS) is 11.2. The summed E-state index contributed by atoms with van der Waals surface area (Å²) < 4.78 is 0. The Morgan fingerprint density at radius 1 is 1.62 bits per heavy atom. The van der Waals surface area contributed by atoms with Crippen LogP contribution in [0.15, 0.2) is 35.8 Å². The van der Waals surface area contributed by atoms with Gasteiger partial charge in [-0.25, -0.2) is 4.99 Å². The summed E-state index contributed by atoms with van der Waals surface area (Å²) in [5.74, 6) is 0.424. The molecule has 0 saturated carbocycles. The highest BCUT2D eigenvalue weighted by Gasteiger charge is 1.97. The third kappa shape index (κ3) is 3.95. The van der Waals surface area contributed by atoms with Crippen LogP contribution in [0.25, 0.3) is 0 Å². The minimum atomic E-state index is 0.424. The number of rotatable bonds is 4. The van der Waals surface area contributed by atoms with Crippen molar-refractivity contribution in [2.24, 2.45) is 10.7 Å². The Labute approximate surface area is 101 Å². The standard InChI is InChI=1S/C12H16ClN3/c1-3-6-15-12(14)16-8-10-4-5-11(13)9(2)7-10/h3-5,7H,1,6,8H2,2H3,(H3,14,15,16). The average molecular weight is 238 g/mol. The highest BCUT2D eigenvalue weighted by molar-refractivity contribution is 6.31. The van der Waals surface area contributed by atoms with Crippen LogP contribution >= 0.6 is 11.6 Å². The van der Waals surface area contributed by atoms with Gasteiger partial charge in [0, 0.05) is 11.6 Å². The van der Waals surface area contributed by atoms with E-state index in [1.807, 2.05) is 25.1 Å². The topological polar surface area (TPSA) is 50.4 Å². The van der Waals surface area contributed by atoms with Crippen molar-refractivity contribution in [3.63, 3.8) is 0 Å². The van der Waals surface area contributed by atoms with Crippen molar-refractivity contribution in [2.75, 3.05) is 6.54 Å². The minimum absolute atomic E-state index is 0.424. The molecule has 0 spiro atoms. The lowest BCUT2D eigenvalue weighted by Gasteiger charge is -2.04. The highest BCUT2D eigenvalue weighted by Crippen LogP contribution is 2.16. The fraction of sp³-hybridized carbons (Fsp3) is 0.250. The van der Waals surface area contributed by atoms with Crippen molar-refractivity contribution in [1.29, 1.82) is 0 Å². The zero-order valence-electron chi connectivity index (χ0n) is 9.33. The molecule has 0 aliphatic rings. The third-order valence-electron chi connectivity index (χ3n) is 2.08. The van der Waals surface area contributed by atoms with E-state index in [0.717, 1.165) is 16.1 Å². The summed E-state index contributed by atoms with van der Waals surface area (Å²) in [6.45, 7) is 6.72. The average Bonchev–Trinajstić information content (AvgIpc) is 2.28. The lowest BCUT2D eigenvalue weighted by atomic mass is 10.1. The summed E-state index contributed by atoms with van der Waals surface area (Å²) in [5.41, 5.74) is 7.78. The number of nitrogens with two attached hydrogens (primary N) is 1. The molecule has 1 rings (SSSR count). The molecule has 16 heavy (non-hydrogen) atoms. The Morgan fingerprint density at radius 2 is 2.38 bits per heavy atom. The van der Waals surface area contributed by atoms with Gasteiger partial charge in [-0.15, -0.1) is 6.58 Å². The van der Waals surface area contributed by atoms with Gasteiger partial charge in [0.05, 0.1) is 6.54 Å². The Bertz CT molecular complexity index is 399. The molecule has 3 N–H and O–H groups in total. The van der Waals surface area contributed by atoms with Gasteiger partial charge in [-0.1, -0.05) is 29.8 Å². The molecule has 0 bridgehead atoms. The van der Waals surface area contributed by atoms with Crippen molar-refractivity contribution in [1.82, 2.24) is 5.32 Å². The Morgan fingerprint density at radius 3 is 3.00 bits per heavy atom. The Hall–Kier alpha value is -1.48. The van der Waals surface area contributed by atoms with Crippen LogP contribution in [0.2, 0.25) is 5.02 Å². The SMILES string of the molecule is C=CCNC(N)=NCc1ccc(Cl)c(C)c1. The second-order valence-corrected chi connectivity index (χ2v) is 3.86. The summed E-state index contributed by atoms with van der Waals surface area (Å²) in [5, 5.41) is 3.68. The number of hydrogen-bond donors (Lipinski definition) is 2. The number of guanidine groups is 1. The maximum Gasteiger partial charge on any atom is 0.189 e. The molecule has 3 nitrogen and oxygen atoms in total.